The van der Waals surface area contributed by atoms with Gasteiger partial charge in [0.1, 0.15) is 5.69 Å². The summed E-state index contributed by atoms with van der Waals surface area (Å²) in [5.74, 6) is -0.654. The first kappa shape index (κ1) is 15.9. The first-order chi connectivity index (χ1) is 9.22. The maximum atomic E-state index is 11.7. The smallest absolute Gasteiger partial charge is 0.354 e. The highest BCUT2D eigenvalue weighted by atomic mass is 16.4. The zero-order valence-corrected chi connectivity index (χ0v) is 12.2. The Morgan fingerprint density at radius 2 is 2.00 bits per heavy atom. The molecule has 0 radical (unpaired) electrons. The Morgan fingerprint density at radius 3 is 2.45 bits per heavy atom. The van der Waals surface area contributed by atoms with Crippen molar-refractivity contribution in [1.29, 1.82) is 0 Å². The van der Waals surface area contributed by atoms with Crippen molar-refractivity contribution in [2.75, 3.05) is 11.9 Å². The van der Waals surface area contributed by atoms with Gasteiger partial charge in [-0.3, -0.25) is 0 Å². The number of pyridine rings is 1. The predicted molar refractivity (Wildman–Crippen MR) is 76.8 cm³/mol. The molecule has 6 heteroatoms. The van der Waals surface area contributed by atoms with Crippen molar-refractivity contribution in [3.63, 3.8) is 0 Å². The predicted octanol–water partition coefficient (Wildman–Crippen LogP) is 2.58. The number of carbonyl (C=O) groups is 2. The summed E-state index contributed by atoms with van der Waals surface area (Å²) in [4.78, 5) is 26.1. The Morgan fingerprint density at radius 1 is 1.35 bits per heavy atom. The summed E-state index contributed by atoms with van der Waals surface area (Å²) in [6, 6.07) is 2.52. The zero-order chi connectivity index (χ0) is 15.3. The van der Waals surface area contributed by atoms with Crippen molar-refractivity contribution in [2.24, 2.45) is 11.3 Å². The highest BCUT2D eigenvalue weighted by Gasteiger charge is 2.22. The molecular weight excluding hydrogens is 258 g/mol. The first-order valence-corrected chi connectivity index (χ1v) is 6.46. The molecule has 0 saturated heterocycles. The molecule has 1 rings (SSSR count). The topological polar surface area (TPSA) is 91.3 Å². The summed E-state index contributed by atoms with van der Waals surface area (Å²) in [7, 11) is 0. The van der Waals surface area contributed by atoms with E-state index < -0.39 is 5.97 Å². The highest BCUT2D eigenvalue weighted by molar-refractivity contribution is 5.90. The van der Waals surface area contributed by atoms with Crippen molar-refractivity contribution >= 4 is 17.7 Å². The molecule has 0 spiro atoms. The van der Waals surface area contributed by atoms with Gasteiger partial charge >= 0.3 is 12.0 Å². The maximum absolute atomic E-state index is 11.7. The molecule has 0 bridgehead atoms. The number of aromatic nitrogens is 1. The largest absolute Gasteiger partial charge is 0.477 e. The number of aromatic carboxylic acids is 1. The first-order valence-electron chi connectivity index (χ1n) is 6.46. The lowest BCUT2D eigenvalue weighted by Gasteiger charge is -2.29. The van der Waals surface area contributed by atoms with E-state index in [9.17, 15) is 9.59 Å². The maximum Gasteiger partial charge on any atom is 0.354 e. The molecule has 0 aliphatic heterocycles. The fourth-order valence-electron chi connectivity index (χ4n) is 1.28. The molecule has 0 aliphatic carbocycles. The van der Waals surface area contributed by atoms with Crippen molar-refractivity contribution < 1.29 is 14.7 Å². The Bertz CT molecular complexity index is 481. The summed E-state index contributed by atoms with van der Waals surface area (Å²) < 4.78 is 0. The third-order valence-corrected chi connectivity index (χ3v) is 3.51. The summed E-state index contributed by atoms with van der Waals surface area (Å²) in [5.41, 5.74) is 0.398. The quantitative estimate of drug-likeness (QED) is 0.772. The molecule has 0 atom stereocenters. The van der Waals surface area contributed by atoms with E-state index in [4.69, 9.17) is 5.11 Å². The minimum absolute atomic E-state index is 0.00273. The van der Waals surface area contributed by atoms with Gasteiger partial charge in [-0.1, -0.05) is 27.7 Å². The van der Waals surface area contributed by atoms with Crippen LogP contribution in [0, 0.1) is 11.3 Å². The van der Waals surface area contributed by atoms with E-state index in [0.717, 1.165) is 0 Å². The van der Waals surface area contributed by atoms with Crippen LogP contribution in [-0.2, 0) is 0 Å². The van der Waals surface area contributed by atoms with Crippen molar-refractivity contribution in [2.45, 2.75) is 27.7 Å². The van der Waals surface area contributed by atoms with Crippen LogP contribution < -0.4 is 10.6 Å². The van der Waals surface area contributed by atoms with Gasteiger partial charge in [-0.05, 0) is 23.5 Å². The van der Waals surface area contributed by atoms with Gasteiger partial charge in [-0.15, -0.1) is 0 Å². The van der Waals surface area contributed by atoms with Crippen molar-refractivity contribution in [3.05, 3.63) is 24.0 Å². The minimum Gasteiger partial charge on any atom is -0.477 e. The zero-order valence-electron chi connectivity index (χ0n) is 12.2. The molecule has 3 N–H and O–H groups in total. The molecule has 110 valence electrons. The third-order valence-electron chi connectivity index (χ3n) is 3.51. The van der Waals surface area contributed by atoms with Crippen LogP contribution in [0.4, 0.5) is 10.5 Å². The lowest BCUT2D eigenvalue weighted by molar-refractivity contribution is 0.0690. The molecule has 0 unspecified atom stereocenters. The number of hydrogen-bond acceptors (Lipinski definition) is 3. The average Bonchev–Trinajstić information content (AvgIpc) is 2.37. The number of nitrogens with zero attached hydrogens (tertiary/aromatic N) is 1. The number of urea groups is 1. The second kappa shape index (κ2) is 6.36. The molecule has 1 aromatic heterocycles. The van der Waals surface area contributed by atoms with E-state index in [-0.39, 0.29) is 17.1 Å². The normalized spacial score (nSPS) is 11.2. The summed E-state index contributed by atoms with van der Waals surface area (Å²) in [6.07, 6.45) is 1.32. The molecule has 0 aromatic carbocycles. The molecule has 1 aromatic rings. The third kappa shape index (κ3) is 4.53. The summed E-state index contributed by atoms with van der Waals surface area (Å²) in [6.45, 7) is 8.93. The Hall–Kier alpha value is -2.11. The van der Waals surface area contributed by atoms with E-state index in [1.165, 1.54) is 18.3 Å². The number of amides is 2. The molecule has 0 fully saturated rings. The van der Waals surface area contributed by atoms with Gasteiger partial charge in [0.2, 0.25) is 0 Å². The molecule has 1 heterocycles. The molecule has 0 aliphatic rings. The molecule has 0 saturated carbocycles. The molecular formula is C14H21N3O3. The van der Waals surface area contributed by atoms with Gasteiger partial charge in [-0.2, -0.15) is 0 Å². The molecule has 20 heavy (non-hydrogen) atoms. The fraction of sp³-hybridized carbons (Fsp3) is 0.500. The lowest BCUT2D eigenvalue weighted by atomic mass is 9.81. The fourth-order valence-corrected chi connectivity index (χ4v) is 1.28. The van der Waals surface area contributed by atoms with Crippen molar-refractivity contribution in [3.8, 4) is 0 Å². The Balaban J connectivity index is 2.52. The monoisotopic (exact) mass is 279 g/mol. The van der Waals surface area contributed by atoms with E-state index in [2.05, 4.69) is 43.3 Å². The van der Waals surface area contributed by atoms with Gasteiger partial charge in [0.05, 0.1) is 11.9 Å². The minimum atomic E-state index is -1.10. The number of rotatable bonds is 5. The lowest BCUT2D eigenvalue weighted by Crippen LogP contribution is -2.39. The molecule has 2 amide bonds. The van der Waals surface area contributed by atoms with Crippen LogP contribution in [0.2, 0.25) is 0 Å². The van der Waals surface area contributed by atoms with Crippen LogP contribution in [0.5, 0.6) is 0 Å². The van der Waals surface area contributed by atoms with Gasteiger partial charge in [0.25, 0.3) is 0 Å². The Labute approximate surface area is 118 Å². The van der Waals surface area contributed by atoms with E-state index >= 15 is 0 Å². The average molecular weight is 279 g/mol. The van der Waals surface area contributed by atoms with Crippen LogP contribution in [0.3, 0.4) is 0 Å². The van der Waals surface area contributed by atoms with Crippen LogP contribution in [-0.4, -0.2) is 28.6 Å². The number of nitrogens with one attached hydrogen (secondary N) is 2. The van der Waals surface area contributed by atoms with Gasteiger partial charge in [-0.25, -0.2) is 14.6 Å². The van der Waals surface area contributed by atoms with Crippen LogP contribution >= 0.6 is 0 Å². The van der Waals surface area contributed by atoms with Gasteiger partial charge < -0.3 is 15.7 Å². The number of hydrogen-bond donors (Lipinski definition) is 3. The second-order valence-electron chi connectivity index (χ2n) is 5.69. The van der Waals surface area contributed by atoms with E-state index in [0.29, 0.717) is 18.2 Å². The molecule has 6 nitrogen and oxygen atoms in total. The van der Waals surface area contributed by atoms with E-state index in [1.54, 1.807) is 0 Å². The van der Waals surface area contributed by atoms with Crippen LogP contribution in [0.25, 0.3) is 0 Å². The van der Waals surface area contributed by atoms with Gasteiger partial charge in [0.15, 0.2) is 0 Å². The number of carbonyl (C=O) groups excluding carboxylic acids is 1. The number of anilines is 1. The summed E-state index contributed by atoms with van der Waals surface area (Å²) in [5, 5.41) is 14.1. The SMILES string of the molecule is CC(C)C(C)(C)CNC(=O)Nc1ccc(C(=O)O)nc1. The highest BCUT2D eigenvalue weighted by Crippen LogP contribution is 2.24. The number of carboxylic acid groups (broad SMARTS) is 1. The Kier molecular flexibility index (Phi) is 5.07. The van der Waals surface area contributed by atoms with Crippen molar-refractivity contribution in [1.82, 2.24) is 10.3 Å². The van der Waals surface area contributed by atoms with E-state index in [1.807, 2.05) is 0 Å². The standard InChI is InChI=1S/C14H21N3O3/c1-9(2)14(3,4)8-16-13(20)17-10-5-6-11(12(18)19)15-7-10/h5-7,9H,8H2,1-4H3,(H,18,19)(H2,16,17,20). The number of carboxylic acids is 1. The second-order valence-corrected chi connectivity index (χ2v) is 5.69. The van der Waals surface area contributed by atoms with Crippen LogP contribution in [0.1, 0.15) is 38.2 Å². The van der Waals surface area contributed by atoms with Gasteiger partial charge in [0, 0.05) is 6.54 Å². The van der Waals surface area contributed by atoms with Crippen LogP contribution in [0.15, 0.2) is 18.3 Å². The summed E-state index contributed by atoms with van der Waals surface area (Å²) >= 11 is 0.